The highest BCUT2D eigenvalue weighted by Gasteiger charge is 2.16. The lowest BCUT2D eigenvalue weighted by molar-refractivity contribution is -0.114. The van der Waals surface area contributed by atoms with Gasteiger partial charge in [-0.3, -0.25) is 10.1 Å². The topological polar surface area (TPSA) is 136 Å². The lowest BCUT2D eigenvalue weighted by Crippen LogP contribution is -2.21. The van der Waals surface area contributed by atoms with Gasteiger partial charge in [-0.25, -0.2) is 19.4 Å². The van der Waals surface area contributed by atoms with Crippen molar-refractivity contribution in [2.45, 2.75) is 26.7 Å². The summed E-state index contributed by atoms with van der Waals surface area (Å²) in [6.07, 6.45) is 2.93. The fourth-order valence-electron chi connectivity index (χ4n) is 3.69. The third kappa shape index (κ3) is 5.62. The first-order chi connectivity index (χ1) is 18.3. The molecule has 3 heterocycles. The van der Waals surface area contributed by atoms with Crippen molar-refractivity contribution in [3.63, 3.8) is 0 Å². The Morgan fingerprint density at radius 2 is 1.74 bits per heavy atom. The number of pyridine rings is 1. The number of carbonyl (C=O) groups excluding carboxylic acids is 2. The number of hydrogen-bond donors (Lipinski definition) is 3. The largest absolute Gasteiger partial charge is 0.457 e. The van der Waals surface area contributed by atoms with Crippen molar-refractivity contribution in [3.05, 3.63) is 78.9 Å². The molecule has 0 saturated carbocycles. The van der Waals surface area contributed by atoms with Crippen molar-refractivity contribution >= 4 is 40.4 Å². The normalized spacial score (nSPS) is 10.9. The number of rotatable bonds is 7. The van der Waals surface area contributed by atoms with E-state index < -0.39 is 6.03 Å². The van der Waals surface area contributed by atoms with Gasteiger partial charge in [-0.2, -0.15) is 5.10 Å². The van der Waals surface area contributed by atoms with Crippen LogP contribution in [0.15, 0.2) is 77.7 Å². The molecule has 3 N–H and O–H groups in total. The van der Waals surface area contributed by atoms with Crippen LogP contribution in [0.3, 0.4) is 0 Å². The first-order valence-electron chi connectivity index (χ1n) is 11.9. The van der Waals surface area contributed by atoms with E-state index in [1.807, 2.05) is 38.1 Å². The molecule has 0 aliphatic heterocycles. The Morgan fingerprint density at radius 3 is 2.50 bits per heavy atom. The Bertz CT molecular complexity index is 1610. The fourth-order valence-corrected chi connectivity index (χ4v) is 3.69. The SMILES string of the molecule is CC(=O)Nc1cc(Oc2ccc(NC(=O)Nc3cc(C(C)C)nn3-c3ccc4ocnc4c3)cc2)ccn1. The van der Waals surface area contributed by atoms with Crippen molar-refractivity contribution in [3.8, 4) is 17.2 Å². The van der Waals surface area contributed by atoms with Crippen LogP contribution in [0, 0.1) is 0 Å². The quantitative estimate of drug-likeness (QED) is 0.246. The van der Waals surface area contributed by atoms with E-state index in [-0.39, 0.29) is 11.8 Å². The van der Waals surface area contributed by atoms with Gasteiger partial charge in [0.2, 0.25) is 5.91 Å². The van der Waals surface area contributed by atoms with Crippen LogP contribution in [0.1, 0.15) is 32.4 Å². The molecule has 5 rings (SSSR count). The molecule has 192 valence electrons. The average molecular weight is 512 g/mol. The van der Waals surface area contributed by atoms with Gasteiger partial charge in [0.15, 0.2) is 12.0 Å². The number of hydrogen-bond acceptors (Lipinski definition) is 7. The number of ether oxygens (including phenoxy) is 1. The molecule has 0 atom stereocenters. The molecule has 0 radical (unpaired) electrons. The molecular formula is C27H25N7O4. The first kappa shape index (κ1) is 24.5. The van der Waals surface area contributed by atoms with Crippen LogP contribution in [0.5, 0.6) is 11.5 Å². The fraction of sp³-hybridized carbons (Fsp3) is 0.148. The molecule has 0 aliphatic carbocycles. The Morgan fingerprint density at radius 1 is 0.921 bits per heavy atom. The summed E-state index contributed by atoms with van der Waals surface area (Å²) in [7, 11) is 0. The molecular weight excluding hydrogens is 486 g/mol. The van der Waals surface area contributed by atoms with Gasteiger partial charge in [0.25, 0.3) is 0 Å². The van der Waals surface area contributed by atoms with E-state index in [1.54, 1.807) is 47.3 Å². The number of nitrogens with zero attached hydrogens (tertiary/aromatic N) is 4. The van der Waals surface area contributed by atoms with Crippen molar-refractivity contribution < 1.29 is 18.7 Å². The van der Waals surface area contributed by atoms with Gasteiger partial charge in [-0.15, -0.1) is 0 Å². The minimum atomic E-state index is -0.424. The van der Waals surface area contributed by atoms with Crippen LogP contribution in [0.2, 0.25) is 0 Å². The minimum absolute atomic E-state index is 0.165. The zero-order valence-corrected chi connectivity index (χ0v) is 20.9. The van der Waals surface area contributed by atoms with Crippen LogP contribution in [-0.2, 0) is 4.79 Å². The van der Waals surface area contributed by atoms with Gasteiger partial charge in [0.05, 0.1) is 11.4 Å². The van der Waals surface area contributed by atoms with Gasteiger partial charge in [-0.05, 0) is 54.4 Å². The number of fused-ring (bicyclic) bond motifs is 1. The van der Waals surface area contributed by atoms with Gasteiger partial charge in [0.1, 0.15) is 28.7 Å². The number of oxazole rings is 1. The van der Waals surface area contributed by atoms with Crippen molar-refractivity contribution in [2.75, 3.05) is 16.0 Å². The van der Waals surface area contributed by atoms with Crippen molar-refractivity contribution in [2.24, 2.45) is 0 Å². The molecule has 38 heavy (non-hydrogen) atoms. The van der Waals surface area contributed by atoms with Gasteiger partial charge < -0.3 is 19.8 Å². The summed E-state index contributed by atoms with van der Waals surface area (Å²) in [4.78, 5) is 32.4. The Hall–Kier alpha value is -5.19. The van der Waals surface area contributed by atoms with Crippen LogP contribution in [-0.4, -0.2) is 31.7 Å². The molecule has 0 spiro atoms. The second-order valence-electron chi connectivity index (χ2n) is 8.79. The molecule has 3 amide bonds. The molecule has 2 aromatic carbocycles. The third-order valence-corrected chi connectivity index (χ3v) is 5.50. The maximum absolute atomic E-state index is 12.9. The maximum Gasteiger partial charge on any atom is 0.324 e. The summed E-state index contributed by atoms with van der Waals surface area (Å²) in [6.45, 7) is 5.48. The summed E-state index contributed by atoms with van der Waals surface area (Å²) >= 11 is 0. The monoisotopic (exact) mass is 511 g/mol. The number of nitrogens with one attached hydrogen (secondary N) is 3. The third-order valence-electron chi connectivity index (χ3n) is 5.50. The second kappa shape index (κ2) is 10.4. The van der Waals surface area contributed by atoms with E-state index in [0.29, 0.717) is 39.9 Å². The van der Waals surface area contributed by atoms with Gasteiger partial charge >= 0.3 is 6.03 Å². The van der Waals surface area contributed by atoms with Crippen LogP contribution < -0.4 is 20.7 Å². The maximum atomic E-state index is 12.9. The highest BCUT2D eigenvalue weighted by Crippen LogP contribution is 2.26. The van der Waals surface area contributed by atoms with Crippen LogP contribution in [0.25, 0.3) is 16.8 Å². The van der Waals surface area contributed by atoms with Gasteiger partial charge in [-0.1, -0.05) is 13.8 Å². The summed E-state index contributed by atoms with van der Waals surface area (Å²) in [6, 6.07) is 17.1. The van der Waals surface area contributed by atoms with Crippen molar-refractivity contribution in [1.29, 1.82) is 0 Å². The first-order valence-corrected chi connectivity index (χ1v) is 11.9. The molecule has 5 aromatic rings. The minimum Gasteiger partial charge on any atom is -0.457 e. The second-order valence-corrected chi connectivity index (χ2v) is 8.79. The predicted molar refractivity (Wildman–Crippen MR) is 143 cm³/mol. The Labute approximate surface area is 217 Å². The number of aromatic nitrogens is 4. The molecule has 0 aliphatic rings. The Kier molecular flexibility index (Phi) is 6.72. The number of anilines is 3. The lowest BCUT2D eigenvalue weighted by Gasteiger charge is -2.11. The summed E-state index contributed by atoms with van der Waals surface area (Å²) in [5.41, 5.74) is 3.51. The summed E-state index contributed by atoms with van der Waals surface area (Å²) < 4.78 is 12.8. The number of urea groups is 1. The van der Waals surface area contributed by atoms with Gasteiger partial charge in [0, 0.05) is 30.9 Å². The van der Waals surface area contributed by atoms with Crippen LogP contribution >= 0.6 is 0 Å². The highest BCUT2D eigenvalue weighted by atomic mass is 16.5. The number of benzene rings is 2. The molecule has 0 unspecified atom stereocenters. The van der Waals surface area contributed by atoms with E-state index in [1.165, 1.54) is 13.3 Å². The van der Waals surface area contributed by atoms with E-state index in [4.69, 9.17) is 9.15 Å². The molecule has 11 nitrogen and oxygen atoms in total. The molecule has 0 saturated heterocycles. The smallest absolute Gasteiger partial charge is 0.324 e. The van der Waals surface area contributed by atoms with E-state index >= 15 is 0 Å². The van der Waals surface area contributed by atoms with E-state index in [2.05, 4.69) is 31.0 Å². The standard InChI is InChI=1S/C27H25N7O4/c1-16(2)22-14-26(34(33-22)19-6-9-24-23(12-19)29-15-37-24)32-27(36)31-18-4-7-20(8-5-18)38-21-10-11-28-25(13-21)30-17(3)35/h4-16H,1-3H3,(H,28,30,35)(H2,31,32,36). The van der Waals surface area contributed by atoms with Crippen LogP contribution in [0.4, 0.5) is 22.1 Å². The summed E-state index contributed by atoms with van der Waals surface area (Å²) in [5, 5.41) is 13.0. The van der Waals surface area contributed by atoms with E-state index in [0.717, 1.165) is 11.4 Å². The van der Waals surface area contributed by atoms with E-state index in [9.17, 15) is 9.59 Å². The zero-order valence-electron chi connectivity index (χ0n) is 20.9. The molecule has 11 heteroatoms. The van der Waals surface area contributed by atoms with Crippen molar-refractivity contribution in [1.82, 2.24) is 19.7 Å². The zero-order chi connectivity index (χ0) is 26.6. The number of carbonyl (C=O) groups is 2. The number of amides is 3. The Balaban J connectivity index is 1.28. The predicted octanol–water partition coefficient (Wildman–Crippen LogP) is 5.93. The average Bonchev–Trinajstić information content (AvgIpc) is 3.52. The lowest BCUT2D eigenvalue weighted by atomic mass is 10.1. The highest BCUT2D eigenvalue weighted by molar-refractivity contribution is 5.99. The molecule has 0 bridgehead atoms. The molecule has 3 aromatic heterocycles. The molecule has 0 fully saturated rings. The summed E-state index contributed by atoms with van der Waals surface area (Å²) in [5.74, 6) is 1.92.